The van der Waals surface area contributed by atoms with Crippen molar-refractivity contribution in [1.29, 1.82) is 0 Å². The molecule has 16 rings (SSSR count). The van der Waals surface area contributed by atoms with E-state index in [4.69, 9.17) is 0 Å². The SMILES string of the molecule is CC1=C(C)C(C)C([Si](c2c(-c3ccccc3)c(-c3ccccc3)c(C)c(-c3ccccc3)c2-c2ccccc2)(c2c(-c3ccccc3)c(-c3ccccc3)c(C)c(-c3ccccc3)c2-c2ccccc2)c2c(-c3ccccc3)c(-c3ccccc3)c(C)c(-c3ccccc3)c2-c2ccccc2)=C1C. The van der Waals surface area contributed by atoms with Crippen molar-refractivity contribution in [2.24, 2.45) is 5.92 Å². The monoisotopic (exact) mass is 1330 g/mol. The van der Waals surface area contributed by atoms with Gasteiger partial charge in [0.2, 0.25) is 0 Å². The highest BCUT2D eigenvalue weighted by atomic mass is 28.3. The highest BCUT2D eigenvalue weighted by Gasteiger charge is 2.57. The van der Waals surface area contributed by atoms with Crippen molar-refractivity contribution < 1.29 is 0 Å². The summed E-state index contributed by atoms with van der Waals surface area (Å²) in [6.45, 7) is 17.3. The molecule has 1 atom stereocenters. The first-order valence-electron chi connectivity index (χ1n) is 36.3. The van der Waals surface area contributed by atoms with Crippen LogP contribution in [0.3, 0.4) is 0 Å². The first kappa shape index (κ1) is 65.6. The van der Waals surface area contributed by atoms with E-state index in [9.17, 15) is 0 Å². The zero-order chi connectivity index (χ0) is 70.1. The predicted molar refractivity (Wildman–Crippen MR) is 444 cm³/mol. The summed E-state index contributed by atoms with van der Waals surface area (Å²) < 4.78 is 0. The molecule has 15 aromatic carbocycles. The number of allylic oxidation sites excluding steroid dienone is 4. The molecule has 0 saturated heterocycles. The van der Waals surface area contributed by atoms with E-state index in [0.717, 1.165) is 66.8 Å². The zero-order valence-electron chi connectivity index (χ0n) is 59.7. The molecule has 1 aliphatic rings. The Hall–Kier alpha value is -12.0. The molecule has 0 radical (unpaired) electrons. The minimum atomic E-state index is -4.78. The molecule has 103 heavy (non-hydrogen) atoms. The number of benzene rings is 15. The molecule has 0 amide bonds. The maximum absolute atomic E-state index is 4.78. The van der Waals surface area contributed by atoms with Crippen LogP contribution >= 0.6 is 0 Å². The molecule has 0 N–H and O–H groups in total. The summed E-state index contributed by atoms with van der Waals surface area (Å²) in [5, 5.41) is 5.48. The van der Waals surface area contributed by atoms with Crippen LogP contribution in [0.15, 0.2) is 386 Å². The maximum atomic E-state index is 2.59. The first-order valence-corrected chi connectivity index (χ1v) is 38.3. The molecule has 0 spiro atoms. The van der Waals surface area contributed by atoms with Crippen molar-refractivity contribution in [3.63, 3.8) is 0 Å². The minimum Gasteiger partial charge on any atom is -0.0636 e. The van der Waals surface area contributed by atoms with Crippen molar-refractivity contribution in [1.82, 2.24) is 0 Å². The first-order chi connectivity index (χ1) is 50.7. The van der Waals surface area contributed by atoms with Crippen LogP contribution in [0, 0.1) is 26.7 Å². The van der Waals surface area contributed by atoms with Gasteiger partial charge in [-0.05, 0) is 219 Å². The lowest BCUT2D eigenvalue weighted by atomic mass is 9.80. The largest absolute Gasteiger partial charge is 0.180 e. The van der Waals surface area contributed by atoms with Gasteiger partial charge in [0.25, 0.3) is 0 Å². The van der Waals surface area contributed by atoms with Crippen LogP contribution in [0.4, 0.5) is 0 Å². The van der Waals surface area contributed by atoms with Crippen LogP contribution in [0.5, 0.6) is 0 Å². The normalized spacial score (nSPS) is 13.0. The second-order valence-electron chi connectivity index (χ2n) is 27.7. The number of hydrogen-bond donors (Lipinski definition) is 0. The van der Waals surface area contributed by atoms with E-state index in [2.05, 4.69) is 412 Å². The molecule has 0 heterocycles. The summed E-state index contributed by atoms with van der Waals surface area (Å²) in [5.41, 5.74) is 36.2. The molecule has 0 aromatic heterocycles. The molecule has 15 aromatic rings. The van der Waals surface area contributed by atoms with Crippen LogP contribution in [0.25, 0.3) is 134 Å². The summed E-state index contributed by atoms with van der Waals surface area (Å²) in [5.74, 6) is -0.108. The van der Waals surface area contributed by atoms with Crippen molar-refractivity contribution in [2.45, 2.75) is 48.5 Å². The molecule has 494 valence electrons. The van der Waals surface area contributed by atoms with Gasteiger partial charge in [0.1, 0.15) is 0 Å². The Labute approximate surface area is 610 Å². The van der Waals surface area contributed by atoms with Gasteiger partial charge in [0, 0.05) is 0 Å². The molecule has 1 heteroatoms. The summed E-state index contributed by atoms with van der Waals surface area (Å²) >= 11 is 0. The molecular formula is C102H82Si. The van der Waals surface area contributed by atoms with Gasteiger partial charge in [-0.25, -0.2) is 0 Å². The van der Waals surface area contributed by atoms with E-state index in [1.54, 1.807) is 0 Å². The van der Waals surface area contributed by atoms with Gasteiger partial charge in [-0.2, -0.15) is 0 Å². The average molecular weight is 1340 g/mol. The van der Waals surface area contributed by atoms with Crippen molar-refractivity contribution in [2.75, 3.05) is 0 Å². The Balaban J connectivity index is 1.41. The lowest BCUT2D eigenvalue weighted by Gasteiger charge is -2.48. The van der Waals surface area contributed by atoms with E-state index in [1.807, 2.05) is 0 Å². The number of rotatable bonds is 16. The van der Waals surface area contributed by atoms with Gasteiger partial charge < -0.3 is 0 Å². The van der Waals surface area contributed by atoms with Crippen molar-refractivity contribution >= 4 is 23.6 Å². The van der Waals surface area contributed by atoms with Crippen molar-refractivity contribution in [3.8, 4) is 134 Å². The fourth-order valence-electron chi connectivity index (χ4n) is 17.7. The van der Waals surface area contributed by atoms with Crippen LogP contribution in [-0.2, 0) is 0 Å². The summed E-state index contributed by atoms with van der Waals surface area (Å²) in [7, 11) is -4.78. The highest BCUT2D eigenvalue weighted by molar-refractivity contribution is 7.20. The quantitative estimate of drug-likeness (QED) is 0.0668. The van der Waals surface area contributed by atoms with Crippen LogP contribution in [0.2, 0.25) is 0 Å². The Kier molecular flexibility index (Phi) is 18.0. The molecule has 1 aliphatic carbocycles. The van der Waals surface area contributed by atoms with Crippen LogP contribution in [-0.4, -0.2) is 8.07 Å². The van der Waals surface area contributed by atoms with Gasteiger partial charge in [0.15, 0.2) is 8.07 Å². The van der Waals surface area contributed by atoms with E-state index in [0.29, 0.717) is 0 Å². The second-order valence-corrected chi connectivity index (χ2v) is 31.2. The van der Waals surface area contributed by atoms with E-state index < -0.39 is 8.07 Å². The van der Waals surface area contributed by atoms with Gasteiger partial charge in [0.05, 0.1) is 0 Å². The third kappa shape index (κ3) is 11.3. The molecule has 1 unspecified atom stereocenters. The van der Waals surface area contributed by atoms with Crippen LogP contribution < -0.4 is 15.6 Å². The number of hydrogen-bond acceptors (Lipinski definition) is 0. The standard InChI is InChI=1S/C102H82Si/c1-68-69(2)71(4)99(70(68)3)103(100-93(81-56-32-14-33-57-81)87(75-44-20-8-21-45-75)72(5)88(76-46-22-9-23-47-76)94(100)82-58-34-15-35-59-82,101-95(83-60-36-16-37-61-83)89(77-48-24-10-25-49-77)73(6)90(78-50-26-11-27-51-78)96(101)84-62-38-17-39-63-84)102-97(85-64-40-18-41-65-85)91(79-52-28-12-29-53-79)74(7)92(80-54-30-13-31-55-80)98(102)86-66-42-19-43-67-86/h8-67,70H,1-7H3. The van der Waals surface area contributed by atoms with Gasteiger partial charge in [-0.3, -0.25) is 0 Å². The lowest BCUT2D eigenvalue weighted by molar-refractivity contribution is 0.852. The second kappa shape index (κ2) is 28.2. The Morgan fingerprint density at radius 1 is 0.175 bits per heavy atom. The van der Waals surface area contributed by atoms with E-state index in [1.165, 1.54) is 121 Å². The Morgan fingerprint density at radius 2 is 0.311 bits per heavy atom. The average Bonchev–Trinajstić information content (AvgIpc) is 1.59. The molecule has 0 fully saturated rings. The Morgan fingerprint density at radius 3 is 0.437 bits per heavy atom. The molecule has 0 saturated carbocycles. The maximum Gasteiger partial charge on any atom is 0.180 e. The molecule has 0 nitrogen and oxygen atoms in total. The van der Waals surface area contributed by atoms with Gasteiger partial charge >= 0.3 is 0 Å². The van der Waals surface area contributed by atoms with E-state index >= 15 is 0 Å². The third-order valence-corrected chi connectivity index (χ3v) is 27.5. The smallest absolute Gasteiger partial charge is 0.0636 e. The Bertz CT molecular complexity index is 4800. The van der Waals surface area contributed by atoms with E-state index in [-0.39, 0.29) is 5.92 Å². The summed E-state index contributed by atoms with van der Waals surface area (Å²) in [6.07, 6.45) is 0. The summed E-state index contributed by atoms with van der Waals surface area (Å²) in [6, 6.07) is 139. The highest BCUT2D eigenvalue weighted by Crippen LogP contribution is 2.57. The minimum absolute atomic E-state index is 0.108. The topological polar surface area (TPSA) is 0 Å². The lowest BCUT2D eigenvalue weighted by Crippen LogP contribution is -2.72. The van der Waals surface area contributed by atoms with Crippen molar-refractivity contribution in [3.05, 3.63) is 403 Å². The predicted octanol–water partition coefficient (Wildman–Crippen LogP) is 25.9. The molecule has 0 bridgehead atoms. The van der Waals surface area contributed by atoms with Gasteiger partial charge in [-0.15, -0.1) is 0 Å². The third-order valence-electron chi connectivity index (χ3n) is 22.2. The molecule has 0 aliphatic heterocycles. The van der Waals surface area contributed by atoms with Gasteiger partial charge in [-0.1, -0.05) is 387 Å². The van der Waals surface area contributed by atoms with Crippen LogP contribution in [0.1, 0.15) is 44.4 Å². The summed E-state index contributed by atoms with van der Waals surface area (Å²) in [4.78, 5) is 0. The fraction of sp³-hybridized carbons (Fsp3) is 0.0784. The molecular weight excluding hydrogens is 1250 g/mol. The fourth-order valence-corrected chi connectivity index (χ4v) is 24.7. The zero-order valence-corrected chi connectivity index (χ0v) is 60.7.